The molecule has 0 amide bonds. The Balaban J connectivity index is 1.13. The average Bonchev–Trinajstić information content (AvgIpc) is 2.78. The number of thioether (sulfide) groups is 1. The van der Waals surface area contributed by atoms with Crippen LogP contribution in [-0.2, 0) is 6.42 Å². The van der Waals surface area contributed by atoms with E-state index in [4.69, 9.17) is 4.98 Å². The number of piperidine rings is 1. The third-order valence-electron chi connectivity index (χ3n) is 5.93. The molecule has 0 bridgehead atoms. The van der Waals surface area contributed by atoms with Gasteiger partial charge in [-0.05, 0) is 60.8 Å². The second-order valence-electron chi connectivity index (χ2n) is 7.93. The van der Waals surface area contributed by atoms with Crippen LogP contribution in [0.1, 0.15) is 18.4 Å². The average molecular weight is 399 g/mol. The molecule has 1 fully saturated rings. The molecule has 0 aliphatic carbocycles. The largest absolute Gasteiger partial charge is 0.303 e. The van der Waals surface area contributed by atoms with Crippen molar-refractivity contribution in [3.8, 4) is 0 Å². The van der Waals surface area contributed by atoms with E-state index in [9.17, 15) is 0 Å². The zero-order valence-corrected chi connectivity index (χ0v) is 17.4. The van der Waals surface area contributed by atoms with Crippen LogP contribution in [0.25, 0.3) is 21.7 Å². The fourth-order valence-electron chi connectivity index (χ4n) is 4.22. The summed E-state index contributed by atoms with van der Waals surface area (Å²) in [5, 5.41) is 5.75. The maximum Gasteiger partial charge on any atom is 0.0970 e. The van der Waals surface area contributed by atoms with Gasteiger partial charge in [0.25, 0.3) is 0 Å². The summed E-state index contributed by atoms with van der Waals surface area (Å²) >= 11 is 1.96. The monoisotopic (exact) mass is 398 g/mol. The first-order chi connectivity index (χ1) is 14.3. The third-order valence-corrected chi connectivity index (χ3v) is 7.20. The Labute approximate surface area is 177 Å². The Bertz CT molecular complexity index is 1120. The Hall–Kier alpha value is -2.36. The number of pyridine rings is 1. The number of nitrogens with zero attached hydrogens (tertiary/aromatic N) is 2. The van der Waals surface area contributed by atoms with Gasteiger partial charge in [0.05, 0.1) is 10.5 Å². The van der Waals surface area contributed by atoms with Crippen molar-refractivity contribution in [3.63, 3.8) is 0 Å². The molecule has 2 heterocycles. The molecule has 4 aromatic rings. The van der Waals surface area contributed by atoms with Gasteiger partial charge in [-0.1, -0.05) is 66.7 Å². The minimum absolute atomic E-state index is 0.681. The Morgan fingerprint density at radius 1 is 0.793 bits per heavy atom. The zero-order valence-electron chi connectivity index (χ0n) is 16.6. The normalized spacial score (nSPS) is 15.9. The molecule has 0 N–H and O–H groups in total. The summed E-state index contributed by atoms with van der Waals surface area (Å²) in [6, 6.07) is 28.3. The molecule has 1 aliphatic heterocycles. The predicted molar refractivity (Wildman–Crippen MR) is 125 cm³/mol. The summed E-state index contributed by atoms with van der Waals surface area (Å²) in [5.74, 6) is 0. The SMILES string of the molecule is c1ccc2cc(CCN3CCC(Sc4ccc5ccccc5n4)CC3)ccc2c1. The van der Waals surface area contributed by atoms with Crippen molar-refractivity contribution < 1.29 is 0 Å². The van der Waals surface area contributed by atoms with Crippen molar-refractivity contribution in [2.24, 2.45) is 0 Å². The van der Waals surface area contributed by atoms with E-state index < -0.39 is 0 Å². The van der Waals surface area contributed by atoms with Crippen molar-refractivity contribution in [2.75, 3.05) is 19.6 Å². The minimum Gasteiger partial charge on any atom is -0.303 e. The van der Waals surface area contributed by atoms with E-state index in [-0.39, 0.29) is 0 Å². The van der Waals surface area contributed by atoms with Gasteiger partial charge in [-0.3, -0.25) is 0 Å². The smallest absolute Gasteiger partial charge is 0.0970 e. The molecule has 0 radical (unpaired) electrons. The first-order valence-electron chi connectivity index (χ1n) is 10.6. The van der Waals surface area contributed by atoms with E-state index in [0.29, 0.717) is 5.25 Å². The second kappa shape index (κ2) is 8.56. The van der Waals surface area contributed by atoms with Crippen molar-refractivity contribution >= 4 is 33.4 Å². The number of rotatable bonds is 5. The summed E-state index contributed by atoms with van der Waals surface area (Å²) in [4.78, 5) is 7.46. The fraction of sp³-hybridized carbons (Fsp3) is 0.269. The molecule has 29 heavy (non-hydrogen) atoms. The summed E-state index contributed by atoms with van der Waals surface area (Å²) < 4.78 is 0. The van der Waals surface area contributed by atoms with Gasteiger partial charge in [-0.2, -0.15) is 0 Å². The number of para-hydroxylation sites is 1. The number of fused-ring (bicyclic) bond motifs is 2. The van der Waals surface area contributed by atoms with Crippen LogP contribution in [0.15, 0.2) is 83.9 Å². The van der Waals surface area contributed by atoms with Gasteiger partial charge in [0.1, 0.15) is 0 Å². The lowest BCUT2D eigenvalue weighted by Crippen LogP contribution is -2.36. The van der Waals surface area contributed by atoms with Gasteiger partial charge in [-0.25, -0.2) is 4.98 Å². The highest BCUT2D eigenvalue weighted by molar-refractivity contribution is 7.99. The molecule has 3 aromatic carbocycles. The predicted octanol–water partition coefficient (Wildman–Crippen LogP) is 6.19. The molecular formula is C26H26N2S. The van der Waals surface area contributed by atoms with E-state index in [2.05, 4.69) is 83.8 Å². The lowest BCUT2D eigenvalue weighted by molar-refractivity contribution is 0.235. The molecule has 0 unspecified atom stereocenters. The van der Waals surface area contributed by atoms with Crippen molar-refractivity contribution in [1.29, 1.82) is 0 Å². The van der Waals surface area contributed by atoms with Gasteiger partial charge in [0.15, 0.2) is 0 Å². The number of hydrogen-bond donors (Lipinski definition) is 0. The molecule has 3 heteroatoms. The molecule has 1 aliphatic rings. The molecule has 146 valence electrons. The van der Waals surface area contributed by atoms with Crippen LogP contribution in [0.5, 0.6) is 0 Å². The first kappa shape index (κ1) is 18.7. The highest BCUT2D eigenvalue weighted by Gasteiger charge is 2.20. The zero-order chi connectivity index (χ0) is 19.5. The third kappa shape index (κ3) is 4.47. The highest BCUT2D eigenvalue weighted by atomic mass is 32.2. The fourth-order valence-corrected chi connectivity index (χ4v) is 5.30. The van der Waals surface area contributed by atoms with Crippen LogP contribution in [-0.4, -0.2) is 34.8 Å². The Morgan fingerprint density at radius 3 is 2.38 bits per heavy atom. The number of benzene rings is 3. The molecule has 0 spiro atoms. The lowest BCUT2D eigenvalue weighted by atomic mass is 10.0. The van der Waals surface area contributed by atoms with E-state index in [1.54, 1.807) is 0 Å². The Morgan fingerprint density at radius 2 is 1.52 bits per heavy atom. The van der Waals surface area contributed by atoms with Crippen molar-refractivity contribution in [3.05, 3.63) is 84.4 Å². The lowest BCUT2D eigenvalue weighted by Gasteiger charge is -2.31. The maximum atomic E-state index is 4.84. The van der Waals surface area contributed by atoms with Gasteiger partial charge in [0.2, 0.25) is 0 Å². The molecule has 0 atom stereocenters. The van der Waals surface area contributed by atoms with Crippen LogP contribution in [0.2, 0.25) is 0 Å². The number of aromatic nitrogens is 1. The summed E-state index contributed by atoms with van der Waals surface area (Å²) in [6.45, 7) is 3.54. The quantitative estimate of drug-likeness (QED) is 0.399. The van der Waals surface area contributed by atoms with Crippen LogP contribution in [0.4, 0.5) is 0 Å². The van der Waals surface area contributed by atoms with E-state index >= 15 is 0 Å². The van der Waals surface area contributed by atoms with Gasteiger partial charge in [-0.15, -0.1) is 11.8 Å². The molecule has 5 rings (SSSR count). The molecule has 2 nitrogen and oxygen atoms in total. The van der Waals surface area contributed by atoms with Crippen LogP contribution < -0.4 is 0 Å². The van der Waals surface area contributed by atoms with Crippen molar-refractivity contribution in [1.82, 2.24) is 9.88 Å². The number of likely N-dealkylation sites (tertiary alicyclic amines) is 1. The number of hydrogen-bond acceptors (Lipinski definition) is 3. The van der Waals surface area contributed by atoms with Crippen LogP contribution in [0, 0.1) is 0 Å². The topological polar surface area (TPSA) is 16.1 Å². The summed E-state index contributed by atoms with van der Waals surface area (Å²) in [7, 11) is 0. The van der Waals surface area contributed by atoms with Crippen molar-refractivity contribution in [2.45, 2.75) is 29.5 Å². The van der Waals surface area contributed by atoms with Crippen LogP contribution >= 0.6 is 11.8 Å². The Kier molecular flexibility index (Phi) is 5.51. The summed E-state index contributed by atoms with van der Waals surface area (Å²) in [6.07, 6.45) is 3.63. The maximum absolute atomic E-state index is 4.84. The molecule has 1 saturated heterocycles. The van der Waals surface area contributed by atoms with Gasteiger partial charge >= 0.3 is 0 Å². The highest BCUT2D eigenvalue weighted by Crippen LogP contribution is 2.30. The van der Waals surface area contributed by atoms with E-state index in [0.717, 1.165) is 18.5 Å². The van der Waals surface area contributed by atoms with E-state index in [1.165, 1.54) is 52.7 Å². The first-order valence-corrected chi connectivity index (χ1v) is 11.4. The van der Waals surface area contributed by atoms with E-state index in [1.807, 2.05) is 11.8 Å². The summed E-state index contributed by atoms with van der Waals surface area (Å²) in [5.41, 5.74) is 2.55. The van der Waals surface area contributed by atoms with Gasteiger partial charge in [0, 0.05) is 17.2 Å². The van der Waals surface area contributed by atoms with Crippen LogP contribution in [0.3, 0.4) is 0 Å². The minimum atomic E-state index is 0.681. The molecule has 0 saturated carbocycles. The van der Waals surface area contributed by atoms with Gasteiger partial charge < -0.3 is 4.90 Å². The molecular weight excluding hydrogens is 372 g/mol. The molecule has 1 aromatic heterocycles. The standard InChI is InChI=1S/C26H26N2S/c1-2-7-23-19-20(9-10-21(23)5-1)13-16-28-17-14-24(15-18-28)29-26-12-11-22-6-3-4-8-25(22)27-26/h1-12,19,24H,13-18H2. The second-order valence-corrected chi connectivity index (χ2v) is 9.25.